The van der Waals surface area contributed by atoms with Gasteiger partial charge in [-0.2, -0.15) is 4.37 Å². The molecule has 0 spiro atoms. The van der Waals surface area contributed by atoms with Crippen molar-refractivity contribution in [3.8, 4) is 10.7 Å². The number of nitrogens with two attached hydrogens (primary N) is 1. The van der Waals surface area contributed by atoms with Crippen LogP contribution < -0.4 is 5.84 Å². The molecule has 0 radical (unpaired) electrons. The van der Waals surface area contributed by atoms with Crippen molar-refractivity contribution in [1.82, 2.24) is 24.2 Å². The average molecular weight is 322 g/mol. The van der Waals surface area contributed by atoms with Crippen molar-refractivity contribution < 1.29 is 0 Å². The van der Waals surface area contributed by atoms with E-state index in [4.69, 9.17) is 5.84 Å². The zero-order valence-corrected chi connectivity index (χ0v) is 12.7. The molecule has 0 bridgehead atoms. The van der Waals surface area contributed by atoms with Gasteiger partial charge < -0.3 is 5.84 Å². The van der Waals surface area contributed by atoms with Crippen LogP contribution in [0.25, 0.3) is 10.7 Å². The van der Waals surface area contributed by atoms with E-state index in [1.54, 1.807) is 11.3 Å². The van der Waals surface area contributed by atoms with E-state index in [1.807, 2.05) is 17.5 Å². The van der Waals surface area contributed by atoms with Gasteiger partial charge in [0.15, 0.2) is 10.2 Å². The SMILES string of the molecule is Nn1c(Sc2nc(C3CC3)ns2)nnc1-c1cccs1. The molecule has 0 saturated heterocycles. The minimum absolute atomic E-state index is 0.568. The maximum atomic E-state index is 6.06. The number of aromatic nitrogens is 5. The molecule has 102 valence electrons. The molecule has 0 aliphatic heterocycles. The van der Waals surface area contributed by atoms with Crippen LogP contribution in [0.4, 0.5) is 0 Å². The standard InChI is InChI=1S/C11H10N6S3/c12-17-9(7-2-1-5-18-7)14-15-10(17)19-11-13-8(16-20-11)6-3-4-6/h1-2,5-6H,3-4,12H2. The Hall–Kier alpha value is -1.45. The van der Waals surface area contributed by atoms with E-state index >= 15 is 0 Å². The molecule has 3 aromatic heterocycles. The van der Waals surface area contributed by atoms with Crippen LogP contribution >= 0.6 is 34.6 Å². The van der Waals surface area contributed by atoms with Gasteiger partial charge in [0.2, 0.25) is 5.16 Å². The molecular formula is C11H10N6S3. The minimum atomic E-state index is 0.568. The number of thiophene rings is 1. The van der Waals surface area contributed by atoms with E-state index in [2.05, 4.69) is 19.6 Å². The first-order valence-corrected chi connectivity index (χ1v) is 8.54. The number of hydrogen-bond acceptors (Lipinski definition) is 8. The van der Waals surface area contributed by atoms with E-state index in [1.165, 1.54) is 40.8 Å². The number of rotatable bonds is 4. The third-order valence-electron chi connectivity index (χ3n) is 2.95. The summed E-state index contributed by atoms with van der Waals surface area (Å²) in [6.07, 6.45) is 2.41. The highest BCUT2D eigenvalue weighted by molar-refractivity contribution is 8.00. The second-order valence-electron chi connectivity index (χ2n) is 4.45. The lowest BCUT2D eigenvalue weighted by molar-refractivity contribution is 0.848. The smallest absolute Gasteiger partial charge is 0.217 e. The second kappa shape index (κ2) is 4.83. The fourth-order valence-corrected chi connectivity index (χ4v) is 4.02. The fourth-order valence-electron chi connectivity index (χ4n) is 1.77. The Morgan fingerprint density at radius 3 is 3.00 bits per heavy atom. The monoisotopic (exact) mass is 322 g/mol. The van der Waals surface area contributed by atoms with Gasteiger partial charge in [0.05, 0.1) is 4.88 Å². The summed E-state index contributed by atoms with van der Waals surface area (Å²) >= 11 is 4.40. The van der Waals surface area contributed by atoms with Crippen LogP contribution in [-0.2, 0) is 0 Å². The van der Waals surface area contributed by atoms with Crippen LogP contribution in [0.1, 0.15) is 24.6 Å². The summed E-state index contributed by atoms with van der Waals surface area (Å²) in [5.41, 5.74) is 0. The summed E-state index contributed by atoms with van der Waals surface area (Å²) in [6, 6.07) is 3.94. The topological polar surface area (TPSA) is 82.5 Å². The summed E-state index contributed by atoms with van der Waals surface area (Å²) in [4.78, 5) is 5.52. The summed E-state index contributed by atoms with van der Waals surface area (Å²) in [6.45, 7) is 0. The van der Waals surface area contributed by atoms with Crippen molar-refractivity contribution in [2.75, 3.05) is 5.84 Å². The van der Waals surface area contributed by atoms with Gasteiger partial charge in [-0.1, -0.05) is 6.07 Å². The van der Waals surface area contributed by atoms with Gasteiger partial charge in [-0.15, -0.1) is 21.5 Å². The molecule has 0 aromatic carbocycles. The summed E-state index contributed by atoms with van der Waals surface area (Å²) in [5, 5.41) is 10.9. The van der Waals surface area contributed by atoms with Crippen LogP contribution in [-0.4, -0.2) is 24.2 Å². The van der Waals surface area contributed by atoms with Gasteiger partial charge in [0, 0.05) is 5.92 Å². The molecule has 0 unspecified atom stereocenters. The lowest BCUT2D eigenvalue weighted by Gasteiger charge is -1.99. The first kappa shape index (κ1) is 12.3. The Kier molecular flexibility index (Phi) is 2.97. The highest BCUT2D eigenvalue weighted by atomic mass is 32.2. The van der Waals surface area contributed by atoms with Crippen LogP contribution in [0.2, 0.25) is 0 Å². The number of hydrogen-bond donors (Lipinski definition) is 1. The molecule has 4 rings (SSSR count). The molecule has 0 amide bonds. The lowest BCUT2D eigenvalue weighted by atomic mass is 10.4. The van der Waals surface area contributed by atoms with Gasteiger partial charge in [0.25, 0.3) is 0 Å². The largest absolute Gasteiger partial charge is 0.335 e. The molecule has 20 heavy (non-hydrogen) atoms. The quantitative estimate of drug-likeness (QED) is 0.743. The van der Waals surface area contributed by atoms with Crippen LogP contribution in [0.5, 0.6) is 0 Å². The molecule has 1 aliphatic rings. The lowest BCUT2D eigenvalue weighted by Crippen LogP contribution is -2.10. The molecule has 3 heterocycles. The predicted molar refractivity (Wildman–Crippen MR) is 79.5 cm³/mol. The van der Waals surface area contributed by atoms with Gasteiger partial charge in [-0.25, -0.2) is 9.66 Å². The summed E-state index contributed by atoms with van der Waals surface area (Å²) in [5.74, 6) is 8.26. The summed E-state index contributed by atoms with van der Waals surface area (Å²) < 4.78 is 6.75. The Balaban J connectivity index is 1.59. The first-order chi connectivity index (χ1) is 9.81. The van der Waals surface area contributed by atoms with Gasteiger partial charge in [-0.3, -0.25) is 0 Å². The van der Waals surface area contributed by atoms with Crippen molar-refractivity contribution in [2.24, 2.45) is 0 Å². The Morgan fingerprint density at radius 1 is 1.35 bits per heavy atom. The van der Waals surface area contributed by atoms with Crippen LogP contribution in [0.15, 0.2) is 27.0 Å². The molecule has 2 N–H and O–H groups in total. The third-order valence-corrected chi connectivity index (χ3v) is 5.54. The molecule has 1 fully saturated rings. The minimum Gasteiger partial charge on any atom is -0.335 e. The maximum Gasteiger partial charge on any atom is 0.217 e. The van der Waals surface area contributed by atoms with Gasteiger partial charge in [0.1, 0.15) is 5.82 Å². The number of nitrogens with zero attached hydrogens (tertiary/aromatic N) is 5. The average Bonchev–Trinajstić information content (AvgIpc) is 2.88. The Labute approximate surface area is 127 Å². The van der Waals surface area contributed by atoms with Crippen molar-refractivity contribution in [2.45, 2.75) is 28.3 Å². The zero-order chi connectivity index (χ0) is 13.5. The molecule has 6 nitrogen and oxygen atoms in total. The van der Waals surface area contributed by atoms with Crippen LogP contribution in [0.3, 0.4) is 0 Å². The van der Waals surface area contributed by atoms with Gasteiger partial charge in [-0.05, 0) is 47.6 Å². The van der Waals surface area contributed by atoms with E-state index in [0.29, 0.717) is 16.9 Å². The fraction of sp³-hybridized carbons (Fsp3) is 0.273. The molecule has 1 saturated carbocycles. The highest BCUT2D eigenvalue weighted by Gasteiger charge is 2.28. The number of nitrogen functional groups attached to an aromatic ring is 1. The molecular weight excluding hydrogens is 312 g/mol. The Morgan fingerprint density at radius 2 is 2.25 bits per heavy atom. The van der Waals surface area contributed by atoms with E-state index in [0.717, 1.165) is 15.0 Å². The predicted octanol–water partition coefficient (Wildman–Crippen LogP) is 2.60. The normalized spacial score (nSPS) is 14.8. The first-order valence-electron chi connectivity index (χ1n) is 6.07. The van der Waals surface area contributed by atoms with E-state index in [9.17, 15) is 0 Å². The molecule has 0 atom stereocenters. The van der Waals surface area contributed by atoms with E-state index < -0.39 is 0 Å². The maximum absolute atomic E-state index is 6.06. The zero-order valence-electron chi connectivity index (χ0n) is 10.3. The van der Waals surface area contributed by atoms with Crippen molar-refractivity contribution >= 4 is 34.6 Å². The molecule has 9 heteroatoms. The van der Waals surface area contributed by atoms with Crippen LogP contribution in [0, 0.1) is 0 Å². The Bertz CT molecular complexity index is 727. The molecule has 3 aromatic rings. The van der Waals surface area contributed by atoms with Crippen molar-refractivity contribution in [1.29, 1.82) is 0 Å². The van der Waals surface area contributed by atoms with Crippen molar-refractivity contribution in [3.63, 3.8) is 0 Å². The third kappa shape index (κ3) is 2.21. The second-order valence-corrected chi connectivity index (χ2v) is 7.36. The molecule has 1 aliphatic carbocycles. The summed E-state index contributed by atoms with van der Waals surface area (Å²) in [7, 11) is 0. The van der Waals surface area contributed by atoms with Crippen molar-refractivity contribution in [3.05, 3.63) is 23.3 Å². The van der Waals surface area contributed by atoms with E-state index in [-0.39, 0.29) is 0 Å². The highest BCUT2D eigenvalue weighted by Crippen LogP contribution is 2.40. The van der Waals surface area contributed by atoms with Gasteiger partial charge >= 0.3 is 0 Å².